The van der Waals surface area contributed by atoms with Gasteiger partial charge in [0.2, 0.25) is 11.8 Å². The van der Waals surface area contributed by atoms with Crippen molar-refractivity contribution in [1.29, 1.82) is 0 Å². The first-order valence-corrected chi connectivity index (χ1v) is 20.8. The second-order valence-corrected chi connectivity index (χ2v) is 15.7. The Bertz CT molecular complexity index is 2560. The minimum atomic E-state index is -0.914. The highest BCUT2D eigenvalue weighted by molar-refractivity contribution is 5.99. The van der Waals surface area contributed by atoms with Gasteiger partial charge in [0.1, 0.15) is 18.0 Å². The predicted molar refractivity (Wildman–Crippen MR) is 239 cm³/mol. The molecule has 13 heteroatoms. The molecule has 2 aliphatic rings. The first-order chi connectivity index (χ1) is 30.2. The maximum atomic E-state index is 14.8. The van der Waals surface area contributed by atoms with Gasteiger partial charge in [-0.05, 0) is 58.5 Å². The van der Waals surface area contributed by atoms with Crippen molar-refractivity contribution in [2.75, 3.05) is 31.5 Å². The van der Waals surface area contributed by atoms with Gasteiger partial charge in [0.15, 0.2) is 0 Å². The number of phenolic OH excluding ortho intramolecular Hbond substituents is 1. The highest BCUT2D eigenvalue weighted by Crippen LogP contribution is 2.35. The summed E-state index contributed by atoms with van der Waals surface area (Å²) in [5.41, 5.74) is 7.30. The van der Waals surface area contributed by atoms with E-state index in [-0.39, 0.29) is 62.7 Å². The molecule has 3 heterocycles. The molecule has 0 aliphatic carbocycles. The van der Waals surface area contributed by atoms with Crippen molar-refractivity contribution in [2.45, 2.75) is 38.1 Å². The number of carbonyl (C=O) groups is 4. The Labute approximate surface area is 360 Å². The Morgan fingerprint density at radius 1 is 0.823 bits per heavy atom. The Morgan fingerprint density at radius 2 is 1.53 bits per heavy atom. The minimum absolute atomic E-state index is 0.0744. The molecule has 13 nitrogen and oxygen atoms in total. The molecule has 2 saturated heterocycles. The molecular formula is C49H50N8O5. The van der Waals surface area contributed by atoms with Crippen LogP contribution >= 0.6 is 0 Å². The molecule has 6 aromatic rings. The number of phenols is 1. The number of hydrazine groups is 1. The molecule has 0 unspecified atom stereocenters. The molecule has 2 atom stereocenters. The number of nitrogens with zero attached hydrogens (tertiary/aromatic N) is 5. The fraction of sp³-hybridized carbons (Fsp3) is 0.224. The number of anilines is 1. The third-order valence-electron chi connectivity index (χ3n) is 11.5. The zero-order valence-electron chi connectivity index (χ0n) is 34.6. The van der Waals surface area contributed by atoms with Crippen LogP contribution in [0.4, 0.5) is 15.3 Å². The summed E-state index contributed by atoms with van der Waals surface area (Å²) >= 11 is 0. The lowest BCUT2D eigenvalue weighted by atomic mass is 9.97. The van der Waals surface area contributed by atoms with Crippen LogP contribution in [0.3, 0.4) is 0 Å². The molecule has 1 aromatic heterocycles. The molecule has 8 rings (SSSR count). The number of aromatic nitrogens is 1. The van der Waals surface area contributed by atoms with E-state index in [4.69, 9.17) is 0 Å². The van der Waals surface area contributed by atoms with Gasteiger partial charge in [-0.2, -0.15) is 0 Å². The van der Waals surface area contributed by atoms with Crippen LogP contribution in [0.2, 0.25) is 0 Å². The lowest BCUT2D eigenvalue weighted by Crippen LogP contribution is -2.76. The van der Waals surface area contributed by atoms with Gasteiger partial charge in [0.25, 0.3) is 0 Å². The topological polar surface area (TPSA) is 142 Å². The van der Waals surface area contributed by atoms with Gasteiger partial charge < -0.3 is 35.4 Å². The molecule has 4 N–H and O–H groups in total. The van der Waals surface area contributed by atoms with Gasteiger partial charge in [0, 0.05) is 62.5 Å². The molecule has 0 saturated carbocycles. The normalized spacial score (nSPS) is 16.6. The summed E-state index contributed by atoms with van der Waals surface area (Å²) in [4.78, 5) is 59.1. The maximum absolute atomic E-state index is 14.8. The van der Waals surface area contributed by atoms with E-state index in [0.717, 1.165) is 50.7 Å². The van der Waals surface area contributed by atoms with Crippen molar-refractivity contribution in [1.82, 2.24) is 35.0 Å². The Hall–Kier alpha value is -7.38. The van der Waals surface area contributed by atoms with Crippen molar-refractivity contribution in [3.05, 3.63) is 168 Å². The number of carbonyl (C=O) groups excluding carboxylic acids is 4. The van der Waals surface area contributed by atoms with Crippen molar-refractivity contribution < 1.29 is 24.3 Å². The first-order valence-electron chi connectivity index (χ1n) is 20.8. The Morgan fingerprint density at radius 3 is 2.24 bits per heavy atom. The van der Waals surface area contributed by atoms with Gasteiger partial charge >= 0.3 is 12.1 Å². The number of hydrogen-bond acceptors (Lipinski definition) is 6. The average molecular weight is 831 g/mol. The number of hydrogen-bond donors (Lipinski definition) is 4. The third kappa shape index (κ3) is 9.03. The summed E-state index contributed by atoms with van der Waals surface area (Å²) in [6.45, 7) is 5.13. The first kappa shape index (κ1) is 41.4. The van der Waals surface area contributed by atoms with E-state index >= 15 is 0 Å². The third-order valence-corrected chi connectivity index (χ3v) is 11.5. The summed E-state index contributed by atoms with van der Waals surface area (Å²) in [5.74, 6) is -0.401. The van der Waals surface area contributed by atoms with Crippen LogP contribution in [0, 0.1) is 0 Å². The molecular weight excluding hydrogens is 781 g/mol. The van der Waals surface area contributed by atoms with Crippen molar-refractivity contribution >= 4 is 40.5 Å². The largest absolute Gasteiger partial charge is 0.508 e. The summed E-state index contributed by atoms with van der Waals surface area (Å²) in [5, 5.41) is 23.1. The number of aryl methyl sites for hydroxylation is 1. The number of nitrogens with one attached hydrogen (secondary N) is 3. The van der Waals surface area contributed by atoms with Crippen LogP contribution in [0.15, 0.2) is 146 Å². The van der Waals surface area contributed by atoms with E-state index in [1.165, 1.54) is 0 Å². The molecule has 62 heavy (non-hydrogen) atoms. The van der Waals surface area contributed by atoms with Crippen molar-refractivity contribution in [3.8, 4) is 16.9 Å². The summed E-state index contributed by atoms with van der Waals surface area (Å²) in [7, 11) is 1.98. The monoisotopic (exact) mass is 830 g/mol. The van der Waals surface area contributed by atoms with Crippen LogP contribution in [0.1, 0.15) is 22.3 Å². The molecule has 0 bridgehead atoms. The van der Waals surface area contributed by atoms with Gasteiger partial charge in [-0.1, -0.05) is 109 Å². The number of amides is 6. The Balaban J connectivity index is 1.06. The van der Waals surface area contributed by atoms with Crippen LogP contribution in [0.25, 0.3) is 22.0 Å². The molecule has 316 valence electrons. The average Bonchev–Trinajstić information content (AvgIpc) is 3.62. The van der Waals surface area contributed by atoms with Gasteiger partial charge in [-0.25, -0.2) is 19.6 Å². The van der Waals surface area contributed by atoms with E-state index < -0.39 is 18.2 Å². The summed E-state index contributed by atoms with van der Waals surface area (Å²) in [6, 6.07) is 38.4. The summed E-state index contributed by atoms with van der Waals surface area (Å²) < 4.78 is 2.06. The van der Waals surface area contributed by atoms with Crippen LogP contribution < -0.4 is 16.0 Å². The lowest BCUT2D eigenvalue weighted by molar-refractivity contribution is -0.189. The van der Waals surface area contributed by atoms with Crippen molar-refractivity contribution in [3.63, 3.8) is 0 Å². The van der Waals surface area contributed by atoms with Crippen molar-refractivity contribution in [2.24, 2.45) is 7.05 Å². The maximum Gasteiger partial charge on any atom is 0.334 e. The number of fused-ring (bicyclic) bond motifs is 2. The molecule has 2 fully saturated rings. The van der Waals surface area contributed by atoms with Gasteiger partial charge in [-0.3, -0.25) is 9.59 Å². The molecule has 5 aromatic carbocycles. The highest BCUT2D eigenvalue weighted by Gasteiger charge is 2.51. The van der Waals surface area contributed by atoms with E-state index in [2.05, 4.69) is 39.4 Å². The van der Waals surface area contributed by atoms with Crippen LogP contribution in [0.5, 0.6) is 5.75 Å². The van der Waals surface area contributed by atoms with E-state index in [1.807, 2.05) is 104 Å². The van der Waals surface area contributed by atoms with Gasteiger partial charge in [-0.15, -0.1) is 6.58 Å². The van der Waals surface area contributed by atoms with Gasteiger partial charge in [0.05, 0.1) is 18.6 Å². The smallest absolute Gasteiger partial charge is 0.334 e. The second-order valence-electron chi connectivity index (χ2n) is 15.7. The van der Waals surface area contributed by atoms with E-state index in [0.29, 0.717) is 12.2 Å². The van der Waals surface area contributed by atoms with Crippen LogP contribution in [-0.2, 0) is 42.6 Å². The fourth-order valence-electron chi connectivity index (χ4n) is 8.54. The number of benzene rings is 5. The highest BCUT2D eigenvalue weighted by atomic mass is 16.3. The Kier molecular flexibility index (Phi) is 12.3. The molecule has 0 radical (unpaired) electrons. The van der Waals surface area contributed by atoms with E-state index in [1.54, 1.807) is 50.2 Å². The standard InChI is InChI=1S/C49H50N8O5/c1-3-27-55-33-45(59)56-43(28-35-17-23-40(58)24-18-35)47(60)54(32-44(56)57(55)49(62)51-29-36-13-8-5-9-14-36)30-38-15-10-16-41-42(31-53(2)46(38)41)37-19-21-39(22-20-37)52-48(61)50-26-25-34-11-6-4-7-12-34/h3-24,31,43-44,58H,1,25-30,32-33H2,2H3,(H,51,62)(H2,50,52,61)/t43-,44-/m0/s1. The number of urea groups is 2. The second kappa shape index (κ2) is 18.5. The summed E-state index contributed by atoms with van der Waals surface area (Å²) in [6.07, 6.45) is 3.83. The zero-order valence-corrected chi connectivity index (χ0v) is 34.6. The number of rotatable bonds is 13. The molecule has 6 amide bonds. The quantitative estimate of drug-likeness (QED) is 0.0961. The van der Waals surface area contributed by atoms with Crippen LogP contribution in [-0.4, -0.2) is 91.8 Å². The fourth-order valence-corrected chi connectivity index (χ4v) is 8.54. The molecule has 2 aliphatic heterocycles. The number of para-hydroxylation sites is 1. The molecule has 0 spiro atoms. The minimum Gasteiger partial charge on any atom is -0.508 e. The predicted octanol–water partition coefficient (Wildman–Crippen LogP) is 6.65. The zero-order chi connectivity index (χ0) is 43.2. The van der Waals surface area contributed by atoms with E-state index in [9.17, 15) is 24.3 Å². The number of piperazine rings is 1. The lowest BCUT2D eigenvalue weighted by Gasteiger charge is -2.55. The SMILES string of the molecule is C=CCN1CC(=O)N2[C@@H](Cc3ccc(O)cc3)C(=O)N(Cc3cccc4c(-c5ccc(NC(=O)NCCc6ccccc6)cc5)cn(C)c34)C[C@@H]2N1C(=O)NCc1ccccc1. The number of aromatic hydroxyl groups is 1.